The van der Waals surface area contributed by atoms with Gasteiger partial charge in [0.1, 0.15) is 0 Å². The molecule has 202 valence electrons. The van der Waals surface area contributed by atoms with Crippen LogP contribution >= 0.6 is 11.3 Å². The number of rotatable bonds is 6. The first-order valence-electron chi connectivity index (χ1n) is 10.6. The number of carboxylic acid groups (broad SMARTS) is 2. The lowest BCUT2D eigenvalue weighted by Crippen LogP contribution is -2.35. The Balaban J connectivity index is 0.000000271. The van der Waals surface area contributed by atoms with Crippen LogP contribution in [-0.2, 0) is 34.0 Å². The molecule has 0 bridgehead atoms. The zero-order valence-electron chi connectivity index (χ0n) is 19.1. The van der Waals surface area contributed by atoms with E-state index in [1.807, 2.05) is 11.3 Å². The van der Waals surface area contributed by atoms with Crippen LogP contribution in [0.1, 0.15) is 34.9 Å². The van der Waals surface area contributed by atoms with Gasteiger partial charge in [-0.15, -0.1) is 11.3 Å². The molecule has 15 heteroatoms. The van der Waals surface area contributed by atoms with Gasteiger partial charge in [-0.05, 0) is 30.2 Å². The number of thiophene rings is 1. The van der Waals surface area contributed by atoms with Gasteiger partial charge in [-0.1, -0.05) is 6.07 Å². The molecule has 1 fully saturated rings. The van der Waals surface area contributed by atoms with E-state index in [-0.39, 0.29) is 0 Å². The molecule has 0 spiro atoms. The van der Waals surface area contributed by atoms with Crippen molar-refractivity contribution in [2.75, 3.05) is 20.3 Å². The Kier molecular flexibility index (Phi) is 10.3. The van der Waals surface area contributed by atoms with Crippen molar-refractivity contribution in [3.05, 3.63) is 39.8 Å². The average molecular weight is 546 g/mol. The number of fused-ring (bicyclic) bond motifs is 1. The predicted molar refractivity (Wildman–Crippen MR) is 115 cm³/mol. The van der Waals surface area contributed by atoms with Crippen LogP contribution in [-0.4, -0.2) is 69.4 Å². The van der Waals surface area contributed by atoms with Crippen molar-refractivity contribution in [2.45, 2.75) is 50.7 Å². The number of aromatic nitrogens is 2. The molecular weight excluding hydrogens is 520 g/mol. The van der Waals surface area contributed by atoms with Crippen LogP contribution in [0.4, 0.5) is 26.3 Å². The van der Waals surface area contributed by atoms with Crippen LogP contribution in [0.5, 0.6) is 0 Å². The van der Waals surface area contributed by atoms with E-state index in [2.05, 4.69) is 38.4 Å². The number of carbonyl (C=O) groups is 2. The van der Waals surface area contributed by atoms with Gasteiger partial charge in [0.2, 0.25) is 0 Å². The third-order valence-corrected chi connectivity index (χ3v) is 6.07. The first kappa shape index (κ1) is 29.6. The maximum Gasteiger partial charge on any atom is 0.490 e. The zero-order valence-corrected chi connectivity index (χ0v) is 19.9. The predicted octanol–water partition coefficient (Wildman–Crippen LogP) is 4.37. The monoisotopic (exact) mass is 545 g/mol. The van der Waals surface area contributed by atoms with Gasteiger partial charge in [0.05, 0.1) is 18.5 Å². The zero-order chi connectivity index (χ0) is 27.1. The van der Waals surface area contributed by atoms with E-state index in [1.165, 1.54) is 29.0 Å². The minimum atomic E-state index is -5.08. The summed E-state index contributed by atoms with van der Waals surface area (Å²) in [6.07, 6.45) is -5.34. The summed E-state index contributed by atoms with van der Waals surface area (Å²) in [7, 11) is 1.80. The Morgan fingerprint density at radius 1 is 1.14 bits per heavy atom. The number of carboxylic acids is 2. The second-order valence-electron chi connectivity index (χ2n) is 8.18. The van der Waals surface area contributed by atoms with Crippen molar-refractivity contribution >= 4 is 23.3 Å². The van der Waals surface area contributed by atoms with Gasteiger partial charge in [-0.25, -0.2) is 9.59 Å². The number of hydrogen-bond acceptors (Lipinski definition) is 6. The third-order valence-electron chi connectivity index (χ3n) is 5.21. The molecule has 0 amide bonds. The van der Waals surface area contributed by atoms with E-state index in [9.17, 15) is 26.3 Å². The molecule has 1 aliphatic carbocycles. The maximum absolute atomic E-state index is 10.6. The highest BCUT2D eigenvalue weighted by Crippen LogP contribution is 2.34. The summed E-state index contributed by atoms with van der Waals surface area (Å²) in [6, 6.07) is 4.37. The first-order chi connectivity index (χ1) is 16.7. The Bertz CT molecular complexity index is 965. The van der Waals surface area contributed by atoms with Gasteiger partial charge in [0.25, 0.3) is 0 Å². The summed E-state index contributed by atoms with van der Waals surface area (Å²) in [5.74, 6) is -4.21. The van der Waals surface area contributed by atoms with Gasteiger partial charge >= 0.3 is 24.3 Å². The summed E-state index contributed by atoms with van der Waals surface area (Å²) in [4.78, 5) is 21.8. The van der Waals surface area contributed by atoms with Crippen molar-refractivity contribution in [3.8, 4) is 0 Å². The molecule has 1 atom stereocenters. The molecule has 0 aromatic carbocycles. The molecule has 2 aromatic rings. The fourth-order valence-electron chi connectivity index (χ4n) is 3.41. The van der Waals surface area contributed by atoms with Crippen molar-refractivity contribution in [2.24, 2.45) is 5.92 Å². The Morgan fingerprint density at radius 2 is 1.72 bits per heavy atom. The molecule has 1 unspecified atom stereocenters. The van der Waals surface area contributed by atoms with Crippen molar-refractivity contribution in [3.63, 3.8) is 0 Å². The molecule has 0 radical (unpaired) electrons. The lowest BCUT2D eigenvalue weighted by Gasteiger charge is -2.32. The van der Waals surface area contributed by atoms with Gasteiger partial charge < -0.3 is 14.9 Å². The normalized spacial score (nSPS) is 17.8. The van der Waals surface area contributed by atoms with E-state index < -0.39 is 24.3 Å². The molecule has 4 rings (SSSR count). The molecule has 2 aliphatic rings. The molecule has 36 heavy (non-hydrogen) atoms. The van der Waals surface area contributed by atoms with E-state index in [0.29, 0.717) is 5.92 Å². The van der Waals surface area contributed by atoms with Crippen molar-refractivity contribution < 1.29 is 50.9 Å². The quantitative estimate of drug-likeness (QED) is 0.520. The summed E-state index contributed by atoms with van der Waals surface area (Å²) in [5.41, 5.74) is 2.82. The first-order valence-corrected chi connectivity index (χ1v) is 11.5. The molecule has 8 nitrogen and oxygen atoms in total. The number of aliphatic carboxylic acids is 2. The van der Waals surface area contributed by atoms with E-state index >= 15 is 0 Å². The van der Waals surface area contributed by atoms with Crippen LogP contribution in [0.25, 0.3) is 0 Å². The number of nitrogens with zero attached hydrogens (tertiary/aromatic N) is 3. The summed E-state index contributed by atoms with van der Waals surface area (Å²) in [6.45, 7) is 4.99. The molecule has 1 saturated carbocycles. The number of methoxy groups -OCH3 is 1. The van der Waals surface area contributed by atoms with Gasteiger partial charge in [0.15, 0.2) is 0 Å². The Labute approximate surface area is 206 Å². The van der Waals surface area contributed by atoms with Crippen molar-refractivity contribution in [1.29, 1.82) is 0 Å². The largest absolute Gasteiger partial charge is 0.490 e. The van der Waals surface area contributed by atoms with Crippen LogP contribution < -0.4 is 0 Å². The number of alkyl halides is 6. The number of halogens is 6. The van der Waals surface area contributed by atoms with Gasteiger partial charge in [-0.2, -0.15) is 31.4 Å². The highest BCUT2D eigenvalue weighted by Gasteiger charge is 2.39. The lowest BCUT2D eigenvalue weighted by molar-refractivity contribution is -0.193. The second kappa shape index (κ2) is 12.5. The molecule has 0 saturated heterocycles. The SMILES string of the molecule is COCC1CN(Cc2cccs2)Cc2c1cnn2CC1CC1.O=C(O)C(F)(F)F.O=C(O)C(F)(F)F. The number of ether oxygens (including phenoxy) is 1. The minimum absolute atomic E-state index is 0.446. The summed E-state index contributed by atoms with van der Waals surface area (Å²) in [5, 5.41) is 21.1. The molecule has 2 N–H and O–H groups in total. The van der Waals surface area contributed by atoms with E-state index in [4.69, 9.17) is 24.5 Å². The van der Waals surface area contributed by atoms with Crippen molar-refractivity contribution in [1.82, 2.24) is 14.7 Å². The Morgan fingerprint density at radius 3 is 2.17 bits per heavy atom. The highest BCUT2D eigenvalue weighted by molar-refractivity contribution is 7.09. The molecule has 3 heterocycles. The lowest BCUT2D eigenvalue weighted by atomic mass is 9.95. The topological polar surface area (TPSA) is 105 Å². The van der Waals surface area contributed by atoms with Crippen LogP contribution in [0.15, 0.2) is 23.7 Å². The van der Waals surface area contributed by atoms with Crippen LogP contribution in [0, 0.1) is 5.92 Å². The van der Waals surface area contributed by atoms with Crippen LogP contribution in [0.2, 0.25) is 0 Å². The van der Waals surface area contributed by atoms with Crippen LogP contribution in [0.3, 0.4) is 0 Å². The average Bonchev–Trinajstić information content (AvgIpc) is 3.26. The fourth-order valence-corrected chi connectivity index (χ4v) is 4.16. The highest BCUT2D eigenvalue weighted by atomic mass is 32.1. The van der Waals surface area contributed by atoms with E-state index in [1.54, 1.807) is 7.11 Å². The maximum atomic E-state index is 10.6. The molecule has 2 aromatic heterocycles. The number of hydrogen-bond donors (Lipinski definition) is 2. The molecule has 1 aliphatic heterocycles. The second-order valence-corrected chi connectivity index (χ2v) is 9.21. The summed E-state index contributed by atoms with van der Waals surface area (Å²) < 4.78 is 71.2. The Hall–Kier alpha value is -2.65. The van der Waals surface area contributed by atoms with E-state index in [0.717, 1.165) is 38.7 Å². The smallest absolute Gasteiger partial charge is 0.475 e. The van der Waals surface area contributed by atoms with Gasteiger partial charge in [0, 0.05) is 49.6 Å². The molecular formula is C21H25F6N3O5S. The third kappa shape index (κ3) is 9.43. The fraction of sp³-hybridized carbons (Fsp3) is 0.571. The summed E-state index contributed by atoms with van der Waals surface area (Å²) >= 11 is 1.84. The van der Waals surface area contributed by atoms with Gasteiger partial charge in [-0.3, -0.25) is 9.58 Å². The standard InChI is InChI=1S/C17H23N3OS.2C2HF3O2/c1-21-12-14-9-19(10-15-3-2-6-22-15)11-17-16(14)7-18-20(17)8-13-4-5-13;2*3-2(4,5)1(6)7/h2-3,6-7,13-14H,4-5,8-12H2,1H3;2*(H,6,7). The minimum Gasteiger partial charge on any atom is -0.475 e.